The van der Waals surface area contributed by atoms with Gasteiger partial charge in [0.1, 0.15) is 17.3 Å². The molecule has 0 amide bonds. The fourth-order valence-corrected chi connectivity index (χ4v) is 1.74. The van der Waals surface area contributed by atoms with Crippen LogP contribution in [0.5, 0.6) is 11.5 Å². The summed E-state index contributed by atoms with van der Waals surface area (Å²) in [5.41, 5.74) is 6.70. The Morgan fingerprint density at radius 1 is 1.25 bits per heavy atom. The molecule has 0 atom stereocenters. The van der Waals surface area contributed by atoms with Crippen LogP contribution in [0.15, 0.2) is 36.4 Å². The molecule has 0 fully saturated rings. The van der Waals surface area contributed by atoms with E-state index in [9.17, 15) is 14.5 Å². The molecule has 0 spiro atoms. The second-order valence-electron chi connectivity index (χ2n) is 4.27. The Hall–Kier alpha value is -2.47. The van der Waals surface area contributed by atoms with Crippen molar-refractivity contribution in [3.63, 3.8) is 0 Å². The molecule has 0 saturated heterocycles. The van der Waals surface area contributed by atoms with Crippen LogP contribution in [0.1, 0.15) is 11.1 Å². The van der Waals surface area contributed by atoms with Crippen LogP contribution in [-0.2, 0) is 6.54 Å². The zero-order valence-electron chi connectivity index (χ0n) is 10.8. The molecule has 0 aliphatic carbocycles. The molecule has 0 saturated carbocycles. The topological polar surface area (TPSA) is 78.4 Å². The number of rotatable bonds is 4. The second kappa shape index (κ2) is 5.66. The van der Waals surface area contributed by atoms with Gasteiger partial charge in [-0.15, -0.1) is 0 Å². The minimum atomic E-state index is -0.499. The zero-order valence-corrected chi connectivity index (χ0v) is 10.8. The van der Waals surface area contributed by atoms with Crippen LogP contribution in [0, 0.1) is 22.9 Å². The summed E-state index contributed by atoms with van der Waals surface area (Å²) in [5, 5.41) is 10.8. The van der Waals surface area contributed by atoms with Crippen molar-refractivity contribution < 1.29 is 14.1 Å². The van der Waals surface area contributed by atoms with Crippen molar-refractivity contribution in [3.8, 4) is 11.5 Å². The molecule has 0 unspecified atom stereocenters. The number of benzene rings is 2. The van der Waals surface area contributed by atoms with E-state index in [2.05, 4.69) is 0 Å². The number of nitro benzene ring substituents is 1. The highest BCUT2D eigenvalue weighted by Crippen LogP contribution is 2.31. The first-order chi connectivity index (χ1) is 9.51. The maximum absolute atomic E-state index is 13.1. The van der Waals surface area contributed by atoms with Gasteiger partial charge in [-0.3, -0.25) is 10.1 Å². The van der Waals surface area contributed by atoms with Crippen LogP contribution in [-0.4, -0.2) is 4.92 Å². The molecule has 0 aliphatic rings. The largest absolute Gasteiger partial charge is 0.456 e. The monoisotopic (exact) mass is 276 g/mol. The van der Waals surface area contributed by atoms with E-state index in [4.69, 9.17) is 10.5 Å². The molecular formula is C14H13FN2O3. The SMILES string of the molecule is Cc1ccc([N+](=O)[O-])cc1Oc1ccc(F)cc1CN. The summed E-state index contributed by atoms with van der Waals surface area (Å²) >= 11 is 0. The van der Waals surface area contributed by atoms with Crippen molar-refractivity contribution in [2.24, 2.45) is 5.73 Å². The number of nitrogens with two attached hydrogens (primary N) is 1. The fourth-order valence-electron chi connectivity index (χ4n) is 1.74. The van der Waals surface area contributed by atoms with E-state index in [1.165, 1.54) is 30.3 Å². The van der Waals surface area contributed by atoms with Crippen LogP contribution in [0.4, 0.5) is 10.1 Å². The number of nitro groups is 1. The van der Waals surface area contributed by atoms with E-state index in [1.807, 2.05) is 0 Å². The van der Waals surface area contributed by atoms with Gasteiger partial charge in [0, 0.05) is 18.2 Å². The average molecular weight is 276 g/mol. The Morgan fingerprint density at radius 3 is 2.65 bits per heavy atom. The van der Waals surface area contributed by atoms with Crippen molar-refractivity contribution in [2.75, 3.05) is 0 Å². The number of aryl methyl sites for hydroxylation is 1. The van der Waals surface area contributed by atoms with Crippen LogP contribution in [0.3, 0.4) is 0 Å². The molecule has 2 rings (SSSR count). The minimum Gasteiger partial charge on any atom is -0.456 e. The summed E-state index contributed by atoms with van der Waals surface area (Å²) in [4.78, 5) is 10.3. The lowest BCUT2D eigenvalue weighted by Crippen LogP contribution is -2.01. The summed E-state index contributed by atoms with van der Waals surface area (Å²) in [5.74, 6) is 0.326. The van der Waals surface area contributed by atoms with Crippen molar-refractivity contribution in [1.29, 1.82) is 0 Å². The number of hydrogen-bond acceptors (Lipinski definition) is 4. The van der Waals surface area contributed by atoms with Crippen molar-refractivity contribution >= 4 is 5.69 Å². The molecule has 2 aromatic carbocycles. The highest BCUT2D eigenvalue weighted by atomic mass is 19.1. The summed E-state index contributed by atoms with van der Waals surface area (Å²) < 4.78 is 18.7. The maximum Gasteiger partial charge on any atom is 0.273 e. The molecule has 0 aromatic heterocycles. The average Bonchev–Trinajstić information content (AvgIpc) is 2.42. The van der Waals surface area contributed by atoms with E-state index >= 15 is 0 Å². The molecule has 6 heteroatoms. The summed E-state index contributed by atoms with van der Waals surface area (Å²) in [7, 11) is 0. The first-order valence-electron chi connectivity index (χ1n) is 5.92. The highest BCUT2D eigenvalue weighted by molar-refractivity contribution is 5.47. The number of ether oxygens (including phenoxy) is 1. The van der Waals surface area contributed by atoms with Crippen molar-refractivity contribution in [3.05, 3.63) is 63.5 Å². The number of hydrogen-bond donors (Lipinski definition) is 1. The van der Waals surface area contributed by atoms with Gasteiger partial charge in [0.15, 0.2) is 0 Å². The molecular weight excluding hydrogens is 263 g/mol. The van der Waals surface area contributed by atoms with Gasteiger partial charge in [0.25, 0.3) is 5.69 Å². The van der Waals surface area contributed by atoms with E-state index in [0.29, 0.717) is 17.1 Å². The first kappa shape index (κ1) is 14.0. The fraction of sp³-hybridized carbons (Fsp3) is 0.143. The van der Waals surface area contributed by atoms with E-state index in [-0.39, 0.29) is 12.2 Å². The molecule has 5 nitrogen and oxygen atoms in total. The molecule has 0 aliphatic heterocycles. The molecule has 0 heterocycles. The van der Waals surface area contributed by atoms with Gasteiger partial charge >= 0.3 is 0 Å². The van der Waals surface area contributed by atoms with Gasteiger partial charge < -0.3 is 10.5 Å². The summed E-state index contributed by atoms with van der Waals surface area (Å²) in [6.07, 6.45) is 0. The van der Waals surface area contributed by atoms with Gasteiger partial charge in [-0.2, -0.15) is 0 Å². The quantitative estimate of drug-likeness (QED) is 0.686. The van der Waals surface area contributed by atoms with Crippen molar-refractivity contribution in [2.45, 2.75) is 13.5 Å². The van der Waals surface area contributed by atoms with E-state index < -0.39 is 10.7 Å². The van der Waals surface area contributed by atoms with Gasteiger partial charge in [0.05, 0.1) is 11.0 Å². The van der Waals surface area contributed by atoms with E-state index in [0.717, 1.165) is 5.56 Å². The third-order valence-corrected chi connectivity index (χ3v) is 2.84. The highest BCUT2D eigenvalue weighted by Gasteiger charge is 2.12. The van der Waals surface area contributed by atoms with Crippen molar-refractivity contribution in [1.82, 2.24) is 0 Å². The molecule has 2 aromatic rings. The Morgan fingerprint density at radius 2 is 2.00 bits per heavy atom. The molecule has 0 bridgehead atoms. The molecule has 104 valence electrons. The van der Waals surface area contributed by atoms with Gasteiger partial charge in [-0.1, -0.05) is 0 Å². The number of halogens is 1. The first-order valence-corrected chi connectivity index (χ1v) is 5.92. The zero-order chi connectivity index (χ0) is 14.7. The summed E-state index contributed by atoms with van der Waals surface area (Å²) in [6.45, 7) is 1.88. The lowest BCUT2D eigenvalue weighted by atomic mass is 10.1. The lowest BCUT2D eigenvalue weighted by molar-refractivity contribution is -0.384. The molecule has 0 radical (unpaired) electrons. The molecule has 20 heavy (non-hydrogen) atoms. The number of non-ortho nitro benzene ring substituents is 1. The maximum atomic E-state index is 13.1. The normalized spacial score (nSPS) is 10.3. The second-order valence-corrected chi connectivity index (χ2v) is 4.27. The van der Waals surface area contributed by atoms with Crippen LogP contribution in [0.2, 0.25) is 0 Å². The minimum absolute atomic E-state index is 0.0676. The Bertz CT molecular complexity index is 659. The van der Waals surface area contributed by atoms with Crippen LogP contribution >= 0.6 is 0 Å². The van der Waals surface area contributed by atoms with E-state index in [1.54, 1.807) is 13.0 Å². The summed E-state index contributed by atoms with van der Waals surface area (Å²) in [6, 6.07) is 8.31. The van der Waals surface area contributed by atoms with Gasteiger partial charge in [0.2, 0.25) is 0 Å². The lowest BCUT2D eigenvalue weighted by Gasteiger charge is -2.12. The predicted molar refractivity (Wildman–Crippen MR) is 72.2 cm³/mol. The standard InChI is InChI=1S/C14H13FN2O3/c1-9-2-4-12(17(18)19)7-14(9)20-13-5-3-11(15)6-10(13)8-16/h2-7H,8,16H2,1H3. The van der Waals surface area contributed by atoms with Crippen LogP contribution in [0.25, 0.3) is 0 Å². The smallest absolute Gasteiger partial charge is 0.273 e. The predicted octanol–water partition coefficient (Wildman–Crippen LogP) is 3.29. The third-order valence-electron chi connectivity index (χ3n) is 2.84. The number of nitrogens with zero attached hydrogens (tertiary/aromatic N) is 1. The Labute approximate surface area is 114 Å². The van der Waals surface area contributed by atoms with Crippen LogP contribution < -0.4 is 10.5 Å². The van der Waals surface area contributed by atoms with Gasteiger partial charge in [-0.05, 0) is 36.8 Å². The molecule has 2 N–H and O–H groups in total. The Balaban J connectivity index is 2.39. The third kappa shape index (κ3) is 2.92. The Kier molecular flexibility index (Phi) is 3.95. The van der Waals surface area contributed by atoms with Gasteiger partial charge in [-0.25, -0.2) is 4.39 Å².